The van der Waals surface area contributed by atoms with Crippen molar-refractivity contribution in [1.29, 1.82) is 0 Å². The van der Waals surface area contributed by atoms with Gasteiger partial charge in [0.2, 0.25) is 5.91 Å². The smallest absolute Gasteiger partial charge is 0.304 e. The van der Waals surface area contributed by atoms with E-state index in [2.05, 4.69) is 15.6 Å². The van der Waals surface area contributed by atoms with Crippen LogP contribution in [0.25, 0.3) is 0 Å². The minimum absolute atomic E-state index is 0.0141. The molecule has 0 saturated heterocycles. The van der Waals surface area contributed by atoms with E-state index in [0.29, 0.717) is 19.0 Å². The van der Waals surface area contributed by atoms with E-state index in [1.807, 2.05) is 0 Å². The average molecular weight is 241 g/mol. The van der Waals surface area contributed by atoms with E-state index < -0.39 is 0 Å². The first kappa shape index (κ1) is 11.3. The molecule has 1 aliphatic rings. The number of hydrogen-bond donors (Lipinski definition) is 3. The van der Waals surface area contributed by atoms with Crippen molar-refractivity contribution in [2.45, 2.75) is 31.8 Å². The van der Waals surface area contributed by atoms with Crippen LogP contribution in [0.1, 0.15) is 25.0 Å². The summed E-state index contributed by atoms with van der Waals surface area (Å²) in [5.41, 5.74) is 0.763. The van der Waals surface area contributed by atoms with Gasteiger partial charge < -0.3 is 15.6 Å². The molecule has 1 saturated carbocycles. The number of carbonyl (C=O) groups is 1. The second kappa shape index (κ2) is 5.27. The number of hydrogen-bond acceptors (Lipinski definition) is 4. The van der Waals surface area contributed by atoms with Crippen LogP contribution in [0.4, 0.5) is 0 Å². The Morgan fingerprint density at radius 1 is 1.56 bits per heavy atom. The lowest BCUT2D eigenvalue weighted by molar-refractivity contribution is -0.121. The highest BCUT2D eigenvalue weighted by Crippen LogP contribution is 2.18. The summed E-state index contributed by atoms with van der Waals surface area (Å²) in [5, 5.41) is 7.76. The van der Waals surface area contributed by atoms with Crippen molar-refractivity contribution < 1.29 is 4.79 Å². The summed E-state index contributed by atoms with van der Waals surface area (Å²) < 4.78 is 0. The van der Waals surface area contributed by atoms with Crippen LogP contribution in [0, 0.1) is 0 Å². The first-order valence-corrected chi connectivity index (χ1v) is 6.29. The van der Waals surface area contributed by atoms with Crippen LogP contribution < -0.4 is 15.5 Å². The molecule has 0 radical (unpaired) electrons. The van der Waals surface area contributed by atoms with Crippen molar-refractivity contribution in [2.24, 2.45) is 0 Å². The summed E-state index contributed by atoms with van der Waals surface area (Å²) in [7, 11) is 0. The minimum Gasteiger partial charge on any atom is -0.350 e. The van der Waals surface area contributed by atoms with Gasteiger partial charge in [-0.05, 0) is 12.8 Å². The van der Waals surface area contributed by atoms with Gasteiger partial charge in [0.25, 0.3) is 0 Å². The largest absolute Gasteiger partial charge is 0.350 e. The van der Waals surface area contributed by atoms with Crippen LogP contribution >= 0.6 is 11.3 Å². The molecule has 6 heteroatoms. The fraction of sp³-hybridized carbons (Fsp3) is 0.600. The number of thiazole rings is 1. The molecule has 1 amide bonds. The Morgan fingerprint density at radius 2 is 2.38 bits per heavy atom. The van der Waals surface area contributed by atoms with Crippen molar-refractivity contribution in [3.63, 3.8) is 0 Å². The number of carbonyl (C=O) groups excluding carboxylic acids is 1. The Hall–Kier alpha value is -1.14. The molecule has 88 valence electrons. The molecule has 1 aromatic rings. The molecule has 1 heterocycles. The Labute approximate surface area is 97.3 Å². The van der Waals surface area contributed by atoms with Crippen LogP contribution in [0.3, 0.4) is 0 Å². The highest BCUT2D eigenvalue weighted by atomic mass is 32.1. The molecule has 16 heavy (non-hydrogen) atoms. The highest BCUT2D eigenvalue weighted by molar-refractivity contribution is 7.07. The lowest BCUT2D eigenvalue weighted by atomic mass is 10.3. The molecule has 3 N–H and O–H groups in total. The third-order valence-corrected chi connectivity index (χ3v) is 3.13. The molecule has 2 rings (SSSR count). The standard InChI is InChI=1S/C10H15N3O2S/c14-9(3-4-11-7-1-2-7)12-5-8-6-16-10(15)13-8/h6-7,11H,1-5H2,(H,12,14)(H,13,15). The summed E-state index contributed by atoms with van der Waals surface area (Å²) in [4.78, 5) is 24.8. The summed E-state index contributed by atoms with van der Waals surface area (Å²) in [6, 6.07) is 0.640. The van der Waals surface area contributed by atoms with Gasteiger partial charge in [0.1, 0.15) is 0 Å². The number of aromatic amines is 1. The lowest BCUT2D eigenvalue weighted by Crippen LogP contribution is -2.28. The number of aromatic nitrogens is 1. The lowest BCUT2D eigenvalue weighted by Gasteiger charge is -2.04. The predicted molar refractivity (Wildman–Crippen MR) is 62.4 cm³/mol. The Balaban J connectivity index is 1.61. The first-order valence-electron chi connectivity index (χ1n) is 5.41. The van der Waals surface area contributed by atoms with E-state index in [4.69, 9.17) is 0 Å². The number of nitrogens with one attached hydrogen (secondary N) is 3. The molecule has 1 fully saturated rings. The van der Waals surface area contributed by atoms with E-state index >= 15 is 0 Å². The Kier molecular flexibility index (Phi) is 3.74. The molecule has 0 aliphatic heterocycles. The number of H-pyrrole nitrogens is 1. The van der Waals surface area contributed by atoms with Gasteiger partial charge >= 0.3 is 4.87 Å². The summed E-state index contributed by atoms with van der Waals surface area (Å²) >= 11 is 1.11. The fourth-order valence-electron chi connectivity index (χ4n) is 1.36. The van der Waals surface area contributed by atoms with Gasteiger partial charge in [-0.25, -0.2) is 0 Å². The van der Waals surface area contributed by atoms with Crippen molar-refractivity contribution in [2.75, 3.05) is 6.54 Å². The maximum atomic E-state index is 11.4. The van der Waals surface area contributed by atoms with Gasteiger partial charge in [0, 0.05) is 30.1 Å². The van der Waals surface area contributed by atoms with Gasteiger partial charge in [-0.3, -0.25) is 9.59 Å². The van der Waals surface area contributed by atoms with Gasteiger partial charge in [0.15, 0.2) is 0 Å². The quantitative estimate of drug-likeness (QED) is 0.666. The zero-order valence-electron chi connectivity index (χ0n) is 8.91. The molecule has 5 nitrogen and oxygen atoms in total. The van der Waals surface area contributed by atoms with E-state index in [0.717, 1.165) is 23.6 Å². The van der Waals surface area contributed by atoms with Crippen LogP contribution in [0.15, 0.2) is 10.2 Å². The predicted octanol–water partition coefficient (Wildman–Crippen LogP) is 0.195. The van der Waals surface area contributed by atoms with Crippen LogP contribution in [-0.2, 0) is 11.3 Å². The molecule has 0 bridgehead atoms. The second-order valence-electron chi connectivity index (χ2n) is 3.93. The van der Waals surface area contributed by atoms with Crippen LogP contribution in [0.5, 0.6) is 0 Å². The van der Waals surface area contributed by atoms with Gasteiger partial charge in [-0.2, -0.15) is 0 Å². The van der Waals surface area contributed by atoms with Crippen molar-refractivity contribution in [3.8, 4) is 0 Å². The van der Waals surface area contributed by atoms with E-state index in [1.54, 1.807) is 5.38 Å². The highest BCUT2D eigenvalue weighted by Gasteiger charge is 2.19. The van der Waals surface area contributed by atoms with Gasteiger partial charge in [0.05, 0.1) is 6.54 Å². The van der Waals surface area contributed by atoms with E-state index in [-0.39, 0.29) is 10.8 Å². The molecule has 0 unspecified atom stereocenters. The molecule has 0 atom stereocenters. The second-order valence-corrected chi connectivity index (χ2v) is 4.77. The maximum Gasteiger partial charge on any atom is 0.304 e. The zero-order valence-corrected chi connectivity index (χ0v) is 9.73. The normalized spacial score (nSPS) is 15.0. The third-order valence-electron chi connectivity index (χ3n) is 2.41. The van der Waals surface area contributed by atoms with E-state index in [9.17, 15) is 9.59 Å². The minimum atomic E-state index is -0.0837. The molecule has 0 spiro atoms. The van der Waals surface area contributed by atoms with Crippen molar-refractivity contribution in [3.05, 3.63) is 20.7 Å². The summed E-state index contributed by atoms with van der Waals surface area (Å²) in [5.74, 6) is 0.0141. The number of amides is 1. The Bertz CT molecular complexity index is 408. The SMILES string of the molecule is O=C(CCNC1CC1)NCc1csc(=O)[nH]1. The molecule has 1 aliphatic carbocycles. The summed E-state index contributed by atoms with van der Waals surface area (Å²) in [6.45, 7) is 1.14. The molecule has 0 aromatic carbocycles. The Morgan fingerprint density at radius 3 is 3.00 bits per heavy atom. The molecular weight excluding hydrogens is 226 g/mol. The topological polar surface area (TPSA) is 74.0 Å². The third kappa shape index (κ3) is 3.79. The molecule has 1 aromatic heterocycles. The van der Waals surface area contributed by atoms with Crippen molar-refractivity contribution in [1.82, 2.24) is 15.6 Å². The van der Waals surface area contributed by atoms with Crippen LogP contribution in [-0.4, -0.2) is 23.5 Å². The number of rotatable bonds is 6. The average Bonchev–Trinajstić information content (AvgIpc) is 2.98. The maximum absolute atomic E-state index is 11.4. The summed E-state index contributed by atoms with van der Waals surface area (Å²) in [6.07, 6.45) is 2.96. The molecular formula is C10H15N3O2S. The van der Waals surface area contributed by atoms with Crippen LogP contribution in [0.2, 0.25) is 0 Å². The fourth-order valence-corrected chi connectivity index (χ4v) is 1.94. The van der Waals surface area contributed by atoms with Gasteiger partial charge in [-0.15, -0.1) is 0 Å². The zero-order chi connectivity index (χ0) is 11.4. The van der Waals surface area contributed by atoms with E-state index in [1.165, 1.54) is 12.8 Å². The first-order chi connectivity index (χ1) is 7.74. The van der Waals surface area contributed by atoms with Crippen molar-refractivity contribution >= 4 is 17.2 Å². The monoisotopic (exact) mass is 241 g/mol. The van der Waals surface area contributed by atoms with Gasteiger partial charge in [-0.1, -0.05) is 11.3 Å².